The predicted molar refractivity (Wildman–Crippen MR) is 69.9 cm³/mol. The van der Waals surface area contributed by atoms with E-state index in [9.17, 15) is 15.0 Å². The van der Waals surface area contributed by atoms with E-state index >= 15 is 0 Å². The second kappa shape index (κ2) is 7.36. The largest absolute Gasteiger partial charge is 0.455 e. The van der Waals surface area contributed by atoms with Crippen LogP contribution in [0.5, 0.6) is 0 Å². The van der Waals surface area contributed by atoms with Crippen molar-refractivity contribution in [1.82, 2.24) is 0 Å². The van der Waals surface area contributed by atoms with Crippen molar-refractivity contribution in [1.29, 1.82) is 0 Å². The lowest BCUT2D eigenvalue weighted by atomic mass is 10.1. The number of aliphatic hydroxyl groups is 2. The average Bonchev–Trinajstić information content (AvgIpc) is 2.99. The van der Waals surface area contributed by atoms with Crippen LogP contribution >= 0.6 is 0 Å². The van der Waals surface area contributed by atoms with Crippen molar-refractivity contribution in [2.24, 2.45) is 0 Å². The number of unbranched alkanes of at least 4 members (excludes halogenated alkanes) is 4. The van der Waals surface area contributed by atoms with Gasteiger partial charge in [0, 0.05) is 0 Å². The standard InChI is InChI=1S/C14H24O6/c1-2-3-4-5-6-7-10-18-8-9(19-10)13-11(15)12(16)14(17)20-13/h9-13,15-16H,2-8H2,1H3. The summed E-state index contributed by atoms with van der Waals surface area (Å²) in [7, 11) is 0. The molecule has 0 aromatic heterocycles. The molecule has 2 aliphatic rings. The molecule has 2 saturated heterocycles. The molecule has 2 N–H and O–H groups in total. The minimum absolute atomic E-state index is 0.279. The Hall–Kier alpha value is -0.690. The van der Waals surface area contributed by atoms with Gasteiger partial charge in [-0.2, -0.15) is 0 Å². The molecule has 0 saturated carbocycles. The van der Waals surface area contributed by atoms with Crippen molar-refractivity contribution in [3.63, 3.8) is 0 Å². The molecule has 5 unspecified atom stereocenters. The molecule has 0 spiro atoms. The summed E-state index contributed by atoms with van der Waals surface area (Å²) in [5.74, 6) is -0.797. The van der Waals surface area contributed by atoms with Gasteiger partial charge in [0.05, 0.1) is 6.61 Å². The molecule has 0 bridgehead atoms. The highest BCUT2D eigenvalue weighted by Gasteiger charge is 2.49. The maximum atomic E-state index is 11.2. The van der Waals surface area contributed by atoms with E-state index in [1.54, 1.807) is 0 Å². The van der Waals surface area contributed by atoms with Gasteiger partial charge in [-0.25, -0.2) is 4.79 Å². The third-order valence-electron chi connectivity index (χ3n) is 3.84. The fourth-order valence-corrected chi connectivity index (χ4v) is 2.60. The molecule has 0 aromatic rings. The van der Waals surface area contributed by atoms with Crippen LogP contribution in [0.2, 0.25) is 0 Å². The topological polar surface area (TPSA) is 85.2 Å². The van der Waals surface area contributed by atoms with Gasteiger partial charge in [-0.05, 0) is 12.8 Å². The van der Waals surface area contributed by atoms with E-state index in [4.69, 9.17) is 14.2 Å². The Morgan fingerprint density at radius 2 is 1.95 bits per heavy atom. The number of hydrogen-bond donors (Lipinski definition) is 2. The van der Waals surface area contributed by atoms with Crippen molar-refractivity contribution < 1.29 is 29.2 Å². The van der Waals surface area contributed by atoms with Crippen LogP contribution in [0.15, 0.2) is 0 Å². The summed E-state index contributed by atoms with van der Waals surface area (Å²) in [6, 6.07) is 0. The summed E-state index contributed by atoms with van der Waals surface area (Å²) in [4.78, 5) is 11.2. The highest BCUT2D eigenvalue weighted by atomic mass is 16.7. The van der Waals surface area contributed by atoms with Crippen LogP contribution in [0.25, 0.3) is 0 Å². The Labute approximate surface area is 119 Å². The molecule has 6 heteroatoms. The van der Waals surface area contributed by atoms with Gasteiger partial charge in [-0.3, -0.25) is 0 Å². The first-order valence-corrected chi connectivity index (χ1v) is 7.47. The normalized spacial score (nSPS) is 37.4. The molecular weight excluding hydrogens is 264 g/mol. The van der Waals surface area contributed by atoms with Crippen LogP contribution in [0.1, 0.15) is 45.4 Å². The molecule has 6 nitrogen and oxygen atoms in total. The predicted octanol–water partition coefficient (Wildman–Crippen LogP) is 0.736. The maximum Gasteiger partial charge on any atom is 0.338 e. The van der Waals surface area contributed by atoms with E-state index < -0.39 is 30.4 Å². The molecule has 0 aliphatic carbocycles. The number of hydrogen-bond acceptors (Lipinski definition) is 6. The highest BCUT2D eigenvalue weighted by Crippen LogP contribution is 2.27. The number of carbonyl (C=O) groups is 1. The Balaban J connectivity index is 1.69. The van der Waals surface area contributed by atoms with Crippen molar-refractivity contribution in [2.45, 2.75) is 76.2 Å². The van der Waals surface area contributed by atoms with Gasteiger partial charge in [0.25, 0.3) is 0 Å². The molecule has 0 aromatic carbocycles. The smallest absolute Gasteiger partial charge is 0.338 e. The summed E-state index contributed by atoms with van der Waals surface area (Å²) < 4.78 is 16.1. The Kier molecular flexibility index (Phi) is 5.77. The number of ether oxygens (including phenoxy) is 3. The van der Waals surface area contributed by atoms with Gasteiger partial charge in [-0.1, -0.05) is 32.6 Å². The Morgan fingerprint density at radius 1 is 1.20 bits per heavy atom. The number of carbonyl (C=O) groups excluding carboxylic acids is 1. The lowest BCUT2D eigenvalue weighted by Gasteiger charge is -2.19. The Bertz CT molecular complexity index is 321. The number of cyclic esters (lactones) is 1. The zero-order valence-electron chi connectivity index (χ0n) is 11.9. The van der Waals surface area contributed by atoms with Gasteiger partial charge >= 0.3 is 5.97 Å². The molecular formula is C14H24O6. The number of rotatable bonds is 7. The second-order valence-corrected chi connectivity index (χ2v) is 5.48. The van der Waals surface area contributed by atoms with E-state index in [2.05, 4.69) is 6.92 Å². The summed E-state index contributed by atoms with van der Waals surface area (Å²) >= 11 is 0. The van der Waals surface area contributed by atoms with E-state index in [1.807, 2.05) is 0 Å². The molecule has 2 heterocycles. The summed E-state index contributed by atoms with van der Waals surface area (Å²) in [5.41, 5.74) is 0. The lowest BCUT2D eigenvalue weighted by Crippen LogP contribution is -2.40. The summed E-state index contributed by atoms with van der Waals surface area (Å²) in [6.45, 7) is 2.46. The third kappa shape index (κ3) is 3.69. The van der Waals surface area contributed by atoms with Gasteiger partial charge < -0.3 is 24.4 Å². The first-order valence-electron chi connectivity index (χ1n) is 7.47. The van der Waals surface area contributed by atoms with Crippen molar-refractivity contribution >= 4 is 5.97 Å². The first-order chi connectivity index (χ1) is 9.63. The first kappa shape index (κ1) is 15.7. The van der Waals surface area contributed by atoms with Crippen LogP contribution in [0, 0.1) is 0 Å². The van der Waals surface area contributed by atoms with Gasteiger partial charge in [-0.15, -0.1) is 0 Å². The van der Waals surface area contributed by atoms with Gasteiger partial charge in [0.1, 0.15) is 12.2 Å². The lowest BCUT2D eigenvalue weighted by molar-refractivity contribution is -0.152. The molecule has 0 amide bonds. The SMILES string of the molecule is CCCCCCCC1OCC(C2OC(=O)C(O)C2O)O1. The van der Waals surface area contributed by atoms with E-state index in [0.29, 0.717) is 0 Å². The molecule has 2 fully saturated rings. The van der Waals surface area contributed by atoms with Crippen molar-refractivity contribution in [3.05, 3.63) is 0 Å². The molecule has 0 radical (unpaired) electrons. The van der Waals surface area contributed by atoms with E-state index in [0.717, 1.165) is 19.3 Å². The summed E-state index contributed by atoms with van der Waals surface area (Å²) in [6.07, 6.45) is 2.34. The van der Waals surface area contributed by atoms with Gasteiger partial charge in [0.2, 0.25) is 0 Å². The van der Waals surface area contributed by atoms with E-state index in [1.165, 1.54) is 19.3 Å². The number of aliphatic hydroxyl groups excluding tert-OH is 2. The fraction of sp³-hybridized carbons (Fsp3) is 0.929. The van der Waals surface area contributed by atoms with Crippen LogP contribution in [-0.4, -0.2) is 53.5 Å². The minimum Gasteiger partial charge on any atom is -0.455 e. The van der Waals surface area contributed by atoms with Crippen LogP contribution in [-0.2, 0) is 19.0 Å². The fourth-order valence-electron chi connectivity index (χ4n) is 2.60. The minimum atomic E-state index is -1.48. The maximum absolute atomic E-state index is 11.2. The van der Waals surface area contributed by atoms with Crippen LogP contribution < -0.4 is 0 Å². The molecule has 116 valence electrons. The monoisotopic (exact) mass is 288 g/mol. The number of esters is 1. The highest BCUT2D eigenvalue weighted by molar-refractivity contribution is 5.77. The zero-order valence-corrected chi connectivity index (χ0v) is 11.9. The van der Waals surface area contributed by atoms with E-state index in [-0.39, 0.29) is 12.9 Å². The Morgan fingerprint density at radius 3 is 2.60 bits per heavy atom. The average molecular weight is 288 g/mol. The van der Waals surface area contributed by atoms with Gasteiger partial charge in [0.15, 0.2) is 18.5 Å². The second-order valence-electron chi connectivity index (χ2n) is 5.48. The molecule has 20 heavy (non-hydrogen) atoms. The quantitative estimate of drug-likeness (QED) is 0.531. The van der Waals surface area contributed by atoms with Crippen LogP contribution in [0.3, 0.4) is 0 Å². The zero-order chi connectivity index (χ0) is 14.5. The van der Waals surface area contributed by atoms with Crippen LogP contribution in [0.4, 0.5) is 0 Å². The molecule has 2 rings (SSSR count). The summed E-state index contributed by atoms with van der Waals surface area (Å²) in [5, 5.41) is 19.1. The van der Waals surface area contributed by atoms with Crippen molar-refractivity contribution in [3.8, 4) is 0 Å². The third-order valence-corrected chi connectivity index (χ3v) is 3.84. The molecule has 2 aliphatic heterocycles. The molecule has 5 atom stereocenters. The van der Waals surface area contributed by atoms with Crippen molar-refractivity contribution in [2.75, 3.05) is 6.61 Å².